The summed E-state index contributed by atoms with van der Waals surface area (Å²) in [6.45, 7) is 5.66. The number of nitrogens with one attached hydrogen (secondary N) is 1. The predicted octanol–water partition coefficient (Wildman–Crippen LogP) is 3.77. The van der Waals surface area contributed by atoms with Crippen molar-refractivity contribution in [2.75, 3.05) is 26.9 Å². The summed E-state index contributed by atoms with van der Waals surface area (Å²) < 4.78 is 10.5. The van der Waals surface area contributed by atoms with Gasteiger partial charge >= 0.3 is 0 Å². The molecule has 0 saturated heterocycles. The minimum absolute atomic E-state index is 0.724. The summed E-state index contributed by atoms with van der Waals surface area (Å²) in [6.07, 6.45) is 6.35. The Morgan fingerprint density at radius 2 is 1.65 bits per heavy atom. The van der Waals surface area contributed by atoms with Crippen LogP contribution in [0.4, 0.5) is 0 Å². The van der Waals surface area contributed by atoms with E-state index in [1.807, 2.05) is 19.1 Å². The quantitative estimate of drug-likeness (QED) is 0.591. The summed E-state index contributed by atoms with van der Waals surface area (Å²) in [5, 5.41) is 3.49. The van der Waals surface area contributed by atoms with Crippen LogP contribution in [0, 0.1) is 0 Å². The summed E-state index contributed by atoms with van der Waals surface area (Å²) in [4.78, 5) is 0. The van der Waals surface area contributed by atoms with Crippen LogP contribution in [0.1, 0.15) is 44.6 Å². The average molecular weight is 279 g/mol. The third kappa shape index (κ3) is 8.18. The maximum atomic E-state index is 5.43. The Morgan fingerprint density at radius 3 is 2.35 bits per heavy atom. The van der Waals surface area contributed by atoms with Crippen LogP contribution in [0.3, 0.4) is 0 Å². The largest absolute Gasteiger partial charge is 0.494 e. The molecule has 114 valence electrons. The molecule has 0 aliphatic heterocycles. The molecule has 0 radical (unpaired) electrons. The normalized spacial score (nSPS) is 10.7. The van der Waals surface area contributed by atoms with Crippen molar-refractivity contribution in [2.24, 2.45) is 0 Å². The van der Waals surface area contributed by atoms with E-state index in [1.54, 1.807) is 7.11 Å². The molecule has 0 amide bonds. The van der Waals surface area contributed by atoms with Gasteiger partial charge in [0.25, 0.3) is 0 Å². The van der Waals surface area contributed by atoms with Crippen molar-refractivity contribution < 1.29 is 9.47 Å². The minimum Gasteiger partial charge on any atom is -0.494 e. The van der Waals surface area contributed by atoms with Gasteiger partial charge in [0.2, 0.25) is 0 Å². The molecule has 0 bridgehead atoms. The topological polar surface area (TPSA) is 30.5 Å². The molecule has 0 heterocycles. The van der Waals surface area contributed by atoms with Crippen LogP contribution in [0.2, 0.25) is 0 Å². The molecule has 0 aromatic heterocycles. The van der Waals surface area contributed by atoms with Gasteiger partial charge in [-0.3, -0.25) is 0 Å². The van der Waals surface area contributed by atoms with E-state index in [-0.39, 0.29) is 0 Å². The molecule has 0 unspecified atom stereocenters. The number of hydrogen-bond acceptors (Lipinski definition) is 3. The van der Waals surface area contributed by atoms with Gasteiger partial charge in [-0.1, -0.05) is 31.4 Å². The lowest BCUT2D eigenvalue weighted by Gasteiger charge is -2.07. The Bertz CT molecular complexity index is 324. The first kappa shape index (κ1) is 17.0. The molecule has 3 nitrogen and oxygen atoms in total. The van der Waals surface area contributed by atoms with Crippen molar-refractivity contribution in [3.63, 3.8) is 0 Å². The Hall–Kier alpha value is -1.06. The maximum absolute atomic E-state index is 5.43. The second-order valence-electron chi connectivity index (χ2n) is 5.01. The van der Waals surface area contributed by atoms with E-state index in [0.717, 1.165) is 32.1 Å². The van der Waals surface area contributed by atoms with Gasteiger partial charge in [-0.25, -0.2) is 0 Å². The van der Waals surface area contributed by atoms with Crippen molar-refractivity contribution in [1.82, 2.24) is 5.32 Å². The number of ether oxygens (including phenoxy) is 2. The molecule has 1 N–H and O–H groups in total. The molecule has 0 atom stereocenters. The fourth-order valence-corrected chi connectivity index (χ4v) is 2.13. The van der Waals surface area contributed by atoms with Gasteiger partial charge in [0, 0.05) is 20.3 Å². The van der Waals surface area contributed by atoms with Crippen LogP contribution < -0.4 is 10.1 Å². The highest BCUT2D eigenvalue weighted by molar-refractivity contribution is 5.27. The summed E-state index contributed by atoms with van der Waals surface area (Å²) in [6, 6.07) is 8.33. The SMILES string of the molecule is CCOc1ccc(CNCCCCCCCOC)cc1. The monoisotopic (exact) mass is 279 g/mol. The highest BCUT2D eigenvalue weighted by atomic mass is 16.5. The van der Waals surface area contributed by atoms with Crippen molar-refractivity contribution >= 4 is 0 Å². The van der Waals surface area contributed by atoms with E-state index in [0.29, 0.717) is 0 Å². The maximum Gasteiger partial charge on any atom is 0.119 e. The lowest BCUT2D eigenvalue weighted by atomic mass is 10.1. The van der Waals surface area contributed by atoms with Crippen molar-refractivity contribution in [2.45, 2.75) is 45.6 Å². The summed E-state index contributed by atoms with van der Waals surface area (Å²) >= 11 is 0. The van der Waals surface area contributed by atoms with Gasteiger partial charge in [0.1, 0.15) is 5.75 Å². The molecule has 0 aliphatic carbocycles. The number of unbranched alkanes of at least 4 members (excludes halogenated alkanes) is 4. The van der Waals surface area contributed by atoms with E-state index in [2.05, 4.69) is 17.4 Å². The van der Waals surface area contributed by atoms with Gasteiger partial charge in [-0.05, 0) is 44.0 Å². The third-order valence-electron chi connectivity index (χ3n) is 3.27. The van der Waals surface area contributed by atoms with Crippen LogP contribution in [-0.4, -0.2) is 26.9 Å². The Labute approximate surface area is 123 Å². The van der Waals surface area contributed by atoms with E-state index >= 15 is 0 Å². The Balaban J connectivity index is 1.98. The van der Waals surface area contributed by atoms with Crippen molar-refractivity contribution in [3.05, 3.63) is 29.8 Å². The number of rotatable bonds is 12. The van der Waals surface area contributed by atoms with E-state index in [9.17, 15) is 0 Å². The van der Waals surface area contributed by atoms with Gasteiger partial charge < -0.3 is 14.8 Å². The first-order valence-electron chi connectivity index (χ1n) is 7.78. The molecular formula is C17H29NO2. The van der Waals surface area contributed by atoms with Gasteiger partial charge in [-0.15, -0.1) is 0 Å². The number of methoxy groups -OCH3 is 1. The lowest BCUT2D eigenvalue weighted by molar-refractivity contribution is 0.192. The van der Waals surface area contributed by atoms with Crippen LogP contribution in [0.5, 0.6) is 5.75 Å². The smallest absolute Gasteiger partial charge is 0.119 e. The second kappa shape index (κ2) is 11.7. The van der Waals surface area contributed by atoms with E-state index < -0.39 is 0 Å². The molecule has 0 saturated carbocycles. The molecule has 0 aliphatic rings. The van der Waals surface area contributed by atoms with Crippen molar-refractivity contribution in [3.8, 4) is 5.75 Å². The zero-order chi connectivity index (χ0) is 14.5. The van der Waals surface area contributed by atoms with Crippen LogP contribution in [-0.2, 0) is 11.3 Å². The summed E-state index contributed by atoms with van der Waals surface area (Å²) in [7, 11) is 1.77. The van der Waals surface area contributed by atoms with Crippen molar-refractivity contribution in [1.29, 1.82) is 0 Å². The van der Waals surface area contributed by atoms with Crippen LogP contribution in [0.15, 0.2) is 24.3 Å². The molecule has 1 aromatic rings. The van der Waals surface area contributed by atoms with E-state index in [1.165, 1.54) is 37.7 Å². The van der Waals surface area contributed by atoms with Gasteiger partial charge in [-0.2, -0.15) is 0 Å². The first-order chi connectivity index (χ1) is 9.86. The first-order valence-corrected chi connectivity index (χ1v) is 7.78. The van der Waals surface area contributed by atoms with Gasteiger partial charge in [0.15, 0.2) is 0 Å². The number of hydrogen-bond donors (Lipinski definition) is 1. The third-order valence-corrected chi connectivity index (χ3v) is 3.27. The Morgan fingerprint density at radius 1 is 0.950 bits per heavy atom. The van der Waals surface area contributed by atoms with E-state index in [4.69, 9.17) is 9.47 Å². The molecule has 0 spiro atoms. The zero-order valence-electron chi connectivity index (χ0n) is 13.0. The minimum atomic E-state index is 0.724. The fraction of sp³-hybridized carbons (Fsp3) is 0.647. The summed E-state index contributed by atoms with van der Waals surface area (Å²) in [5.74, 6) is 0.951. The standard InChI is InChI=1S/C17H29NO2/c1-3-20-17-11-9-16(10-12-17)15-18-13-7-5-4-6-8-14-19-2/h9-12,18H,3-8,13-15H2,1-2H3. The highest BCUT2D eigenvalue weighted by Gasteiger charge is 1.95. The van der Waals surface area contributed by atoms with Gasteiger partial charge in [0.05, 0.1) is 6.61 Å². The van der Waals surface area contributed by atoms with Crippen LogP contribution >= 0.6 is 0 Å². The van der Waals surface area contributed by atoms with Crippen LogP contribution in [0.25, 0.3) is 0 Å². The summed E-state index contributed by atoms with van der Waals surface area (Å²) in [5.41, 5.74) is 1.31. The molecule has 1 rings (SSSR count). The zero-order valence-corrected chi connectivity index (χ0v) is 13.0. The predicted molar refractivity (Wildman–Crippen MR) is 84.3 cm³/mol. The molecule has 20 heavy (non-hydrogen) atoms. The molecular weight excluding hydrogens is 250 g/mol. The highest BCUT2D eigenvalue weighted by Crippen LogP contribution is 2.11. The average Bonchev–Trinajstić information content (AvgIpc) is 2.47. The second-order valence-corrected chi connectivity index (χ2v) is 5.01. The fourth-order valence-electron chi connectivity index (χ4n) is 2.13. The Kier molecular flexibility index (Phi) is 9.98. The molecule has 1 aromatic carbocycles. The molecule has 3 heteroatoms. The lowest BCUT2D eigenvalue weighted by Crippen LogP contribution is -2.14. The number of benzene rings is 1. The molecule has 0 fully saturated rings.